The first-order chi connectivity index (χ1) is 8.51. The quantitative estimate of drug-likeness (QED) is 0.730. The normalized spacial score (nSPS) is 11.6. The van der Waals surface area contributed by atoms with Gasteiger partial charge in [0.25, 0.3) is 0 Å². The zero-order valence-corrected chi connectivity index (χ0v) is 12.0. The van der Waals surface area contributed by atoms with Gasteiger partial charge >= 0.3 is 0 Å². The van der Waals surface area contributed by atoms with Gasteiger partial charge in [0, 0.05) is 25.2 Å². The highest BCUT2D eigenvalue weighted by atomic mass is 16.5. The average Bonchev–Trinajstić information content (AvgIpc) is 2.28. The van der Waals surface area contributed by atoms with Gasteiger partial charge in [0.1, 0.15) is 5.75 Å². The molecule has 0 aliphatic carbocycles. The van der Waals surface area contributed by atoms with Gasteiger partial charge in [0.2, 0.25) is 0 Å². The maximum Gasteiger partial charge on any atom is 0.119 e. The summed E-state index contributed by atoms with van der Waals surface area (Å²) < 4.78 is 5.48. The van der Waals surface area contributed by atoms with Crippen molar-refractivity contribution in [1.29, 1.82) is 0 Å². The number of ether oxygens (including phenoxy) is 1. The van der Waals surface area contributed by atoms with E-state index in [1.165, 1.54) is 5.56 Å². The maximum atomic E-state index is 5.48. The lowest BCUT2D eigenvalue weighted by Crippen LogP contribution is -2.40. The summed E-state index contributed by atoms with van der Waals surface area (Å²) in [6, 6.07) is 8.24. The molecule has 3 nitrogen and oxygen atoms in total. The summed E-state index contributed by atoms with van der Waals surface area (Å²) in [5.41, 5.74) is 1.45. The van der Waals surface area contributed by atoms with Crippen LogP contribution < -0.4 is 15.4 Å². The molecule has 0 spiro atoms. The van der Waals surface area contributed by atoms with E-state index in [-0.39, 0.29) is 5.54 Å². The van der Waals surface area contributed by atoms with Crippen LogP contribution in [0.15, 0.2) is 24.3 Å². The number of hydrogen-bond acceptors (Lipinski definition) is 3. The van der Waals surface area contributed by atoms with Crippen molar-refractivity contribution in [1.82, 2.24) is 10.6 Å². The summed E-state index contributed by atoms with van der Waals surface area (Å²) in [5.74, 6) is 0.949. The van der Waals surface area contributed by atoms with Gasteiger partial charge in [0.05, 0.1) is 6.61 Å². The van der Waals surface area contributed by atoms with Crippen molar-refractivity contribution in [2.24, 2.45) is 0 Å². The van der Waals surface area contributed by atoms with Gasteiger partial charge in [-0.1, -0.05) is 12.1 Å². The van der Waals surface area contributed by atoms with Crippen LogP contribution in [0, 0.1) is 0 Å². The smallest absolute Gasteiger partial charge is 0.119 e. The Balaban J connectivity index is 2.24. The van der Waals surface area contributed by atoms with Crippen molar-refractivity contribution >= 4 is 0 Å². The molecule has 102 valence electrons. The lowest BCUT2D eigenvalue weighted by Gasteiger charge is -2.20. The van der Waals surface area contributed by atoms with E-state index >= 15 is 0 Å². The molecule has 1 aromatic rings. The van der Waals surface area contributed by atoms with E-state index in [1.807, 2.05) is 19.1 Å². The molecular formula is C15H26N2O. The molecule has 18 heavy (non-hydrogen) atoms. The highest BCUT2D eigenvalue weighted by molar-refractivity contribution is 5.28. The second-order valence-electron chi connectivity index (χ2n) is 5.43. The van der Waals surface area contributed by atoms with Crippen LogP contribution in [0.25, 0.3) is 0 Å². The molecule has 0 fully saturated rings. The summed E-state index contributed by atoms with van der Waals surface area (Å²) in [6.45, 7) is 12.1. The minimum Gasteiger partial charge on any atom is -0.494 e. The minimum absolute atomic E-state index is 0.191. The minimum atomic E-state index is 0.191. The van der Waals surface area contributed by atoms with E-state index in [0.29, 0.717) is 6.61 Å². The van der Waals surface area contributed by atoms with Crippen LogP contribution in [-0.2, 0) is 6.54 Å². The summed E-state index contributed by atoms with van der Waals surface area (Å²) in [6.07, 6.45) is 0. The van der Waals surface area contributed by atoms with Crippen LogP contribution in [0.4, 0.5) is 0 Å². The highest BCUT2D eigenvalue weighted by Crippen LogP contribution is 2.12. The molecule has 0 bridgehead atoms. The van der Waals surface area contributed by atoms with E-state index in [9.17, 15) is 0 Å². The van der Waals surface area contributed by atoms with Crippen molar-refractivity contribution in [3.63, 3.8) is 0 Å². The van der Waals surface area contributed by atoms with E-state index < -0.39 is 0 Å². The SMILES string of the molecule is CCOc1cccc(CNCCNC(C)(C)C)c1. The van der Waals surface area contributed by atoms with Crippen molar-refractivity contribution in [2.45, 2.75) is 39.8 Å². The van der Waals surface area contributed by atoms with E-state index in [1.54, 1.807) is 0 Å². The Morgan fingerprint density at radius 3 is 2.61 bits per heavy atom. The molecular weight excluding hydrogens is 224 g/mol. The molecule has 3 heteroatoms. The van der Waals surface area contributed by atoms with E-state index in [2.05, 4.69) is 43.5 Å². The Morgan fingerprint density at radius 1 is 1.17 bits per heavy atom. The Labute approximate surface area is 111 Å². The van der Waals surface area contributed by atoms with E-state index in [0.717, 1.165) is 25.4 Å². The lowest BCUT2D eigenvalue weighted by atomic mass is 10.1. The zero-order chi connectivity index (χ0) is 13.4. The lowest BCUT2D eigenvalue weighted by molar-refractivity contribution is 0.340. The van der Waals surface area contributed by atoms with Crippen molar-refractivity contribution in [3.05, 3.63) is 29.8 Å². The first-order valence-electron chi connectivity index (χ1n) is 6.69. The van der Waals surface area contributed by atoms with Crippen molar-refractivity contribution in [3.8, 4) is 5.75 Å². The molecule has 0 aliphatic heterocycles. The Morgan fingerprint density at radius 2 is 1.94 bits per heavy atom. The maximum absolute atomic E-state index is 5.48. The van der Waals surface area contributed by atoms with Crippen LogP contribution in [0.3, 0.4) is 0 Å². The standard InChI is InChI=1S/C15H26N2O/c1-5-18-14-8-6-7-13(11-14)12-16-9-10-17-15(2,3)4/h6-8,11,16-17H,5,9-10,12H2,1-4H3. The second-order valence-corrected chi connectivity index (χ2v) is 5.43. The largest absolute Gasteiger partial charge is 0.494 e. The molecule has 0 aliphatic rings. The van der Waals surface area contributed by atoms with Crippen LogP contribution in [0.2, 0.25) is 0 Å². The second kappa shape index (κ2) is 7.39. The van der Waals surface area contributed by atoms with Crippen LogP contribution in [0.5, 0.6) is 5.75 Å². The number of hydrogen-bond donors (Lipinski definition) is 2. The van der Waals surface area contributed by atoms with Gasteiger partial charge in [-0.05, 0) is 45.4 Å². The van der Waals surface area contributed by atoms with Crippen molar-refractivity contribution < 1.29 is 4.74 Å². The summed E-state index contributed by atoms with van der Waals surface area (Å²) >= 11 is 0. The summed E-state index contributed by atoms with van der Waals surface area (Å²) in [5, 5.41) is 6.88. The van der Waals surface area contributed by atoms with E-state index in [4.69, 9.17) is 4.74 Å². The summed E-state index contributed by atoms with van der Waals surface area (Å²) in [7, 11) is 0. The predicted molar refractivity (Wildman–Crippen MR) is 77.1 cm³/mol. The number of nitrogens with one attached hydrogen (secondary N) is 2. The van der Waals surface area contributed by atoms with Gasteiger partial charge in [-0.25, -0.2) is 0 Å². The third kappa shape index (κ3) is 6.62. The summed E-state index contributed by atoms with van der Waals surface area (Å²) in [4.78, 5) is 0. The fourth-order valence-corrected chi connectivity index (χ4v) is 1.67. The van der Waals surface area contributed by atoms with Gasteiger partial charge in [0.15, 0.2) is 0 Å². The third-order valence-corrected chi connectivity index (χ3v) is 2.50. The Bertz CT molecular complexity index is 345. The van der Waals surface area contributed by atoms with Crippen molar-refractivity contribution in [2.75, 3.05) is 19.7 Å². The topological polar surface area (TPSA) is 33.3 Å². The van der Waals surface area contributed by atoms with Gasteiger partial charge in [-0.2, -0.15) is 0 Å². The molecule has 0 saturated carbocycles. The molecule has 0 aromatic heterocycles. The number of benzene rings is 1. The molecule has 1 rings (SSSR count). The average molecular weight is 250 g/mol. The van der Waals surface area contributed by atoms with Crippen LogP contribution in [-0.4, -0.2) is 25.2 Å². The molecule has 0 heterocycles. The molecule has 1 aromatic carbocycles. The van der Waals surface area contributed by atoms with Crippen LogP contribution >= 0.6 is 0 Å². The molecule has 2 N–H and O–H groups in total. The molecule has 0 unspecified atom stereocenters. The zero-order valence-electron chi connectivity index (χ0n) is 12.0. The fourth-order valence-electron chi connectivity index (χ4n) is 1.67. The molecule has 0 amide bonds. The highest BCUT2D eigenvalue weighted by Gasteiger charge is 2.06. The first-order valence-corrected chi connectivity index (χ1v) is 6.69. The monoisotopic (exact) mass is 250 g/mol. The molecule has 0 atom stereocenters. The molecule has 0 radical (unpaired) electrons. The Hall–Kier alpha value is -1.06. The predicted octanol–water partition coefficient (Wildman–Crippen LogP) is 2.56. The Kier molecular flexibility index (Phi) is 6.16. The van der Waals surface area contributed by atoms with Gasteiger partial charge < -0.3 is 15.4 Å². The fraction of sp³-hybridized carbons (Fsp3) is 0.600. The number of rotatable bonds is 7. The molecule has 0 saturated heterocycles. The van der Waals surface area contributed by atoms with Gasteiger partial charge in [-0.15, -0.1) is 0 Å². The van der Waals surface area contributed by atoms with Gasteiger partial charge in [-0.3, -0.25) is 0 Å². The first kappa shape index (κ1) is 15.0. The third-order valence-electron chi connectivity index (χ3n) is 2.50. The van der Waals surface area contributed by atoms with Crippen LogP contribution in [0.1, 0.15) is 33.3 Å².